The molecule has 0 radical (unpaired) electrons. The number of anilines is 2. The lowest BCUT2D eigenvalue weighted by Crippen LogP contribution is -1.95. The summed E-state index contributed by atoms with van der Waals surface area (Å²) in [6.45, 7) is 2.05. The van der Waals surface area contributed by atoms with E-state index in [1.807, 2.05) is 6.07 Å². The van der Waals surface area contributed by atoms with Crippen molar-refractivity contribution in [2.75, 3.05) is 5.32 Å². The maximum atomic E-state index is 3.53. The lowest BCUT2D eigenvalue weighted by molar-refractivity contribution is 1.26. The fourth-order valence-corrected chi connectivity index (χ4v) is 2.60. The Labute approximate surface area is 138 Å². The number of benzene rings is 3. The van der Waals surface area contributed by atoms with Crippen LogP contribution in [0.25, 0.3) is 11.1 Å². The van der Waals surface area contributed by atoms with Gasteiger partial charge in [-0.05, 0) is 48.2 Å². The van der Waals surface area contributed by atoms with Crippen molar-refractivity contribution in [3.05, 3.63) is 96.6 Å². The number of nitrogens with one attached hydrogen (secondary N) is 1. The predicted octanol–water partition coefficient (Wildman–Crippen LogP) is 6.22. The van der Waals surface area contributed by atoms with Crippen LogP contribution in [0.1, 0.15) is 12.5 Å². The third kappa shape index (κ3) is 3.89. The Kier molecular flexibility index (Phi) is 4.90. The first-order valence-electron chi connectivity index (χ1n) is 7.98. The van der Waals surface area contributed by atoms with Crippen molar-refractivity contribution in [1.82, 2.24) is 0 Å². The van der Waals surface area contributed by atoms with E-state index in [1.54, 1.807) is 0 Å². The molecule has 0 aliphatic heterocycles. The van der Waals surface area contributed by atoms with E-state index >= 15 is 0 Å². The van der Waals surface area contributed by atoms with Crippen molar-refractivity contribution in [2.24, 2.45) is 0 Å². The molecule has 0 fully saturated rings. The molecule has 1 nitrogen and oxygen atoms in total. The average molecular weight is 299 g/mol. The zero-order valence-corrected chi connectivity index (χ0v) is 13.4. The number of para-hydroxylation sites is 1. The second kappa shape index (κ2) is 7.46. The molecule has 0 bridgehead atoms. The largest absolute Gasteiger partial charge is 0.355 e. The Morgan fingerprint density at radius 2 is 1.39 bits per heavy atom. The van der Waals surface area contributed by atoms with Crippen LogP contribution in [0.2, 0.25) is 0 Å². The van der Waals surface area contributed by atoms with Crippen LogP contribution in [0.4, 0.5) is 11.4 Å². The van der Waals surface area contributed by atoms with E-state index < -0.39 is 0 Å². The van der Waals surface area contributed by atoms with Crippen LogP contribution < -0.4 is 5.32 Å². The van der Waals surface area contributed by atoms with Gasteiger partial charge in [0, 0.05) is 11.4 Å². The van der Waals surface area contributed by atoms with E-state index in [2.05, 4.69) is 97.2 Å². The van der Waals surface area contributed by atoms with Gasteiger partial charge in [0.1, 0.15) is 0 Å². The van der Waals surface area contributed by atoms with Gasteiger partial charge < -0.3 is 5.32 Å². The second-order valence-corrected chi connectivity index (χ2v) is 5.50. The number of hydrogen-bond donors (Lipinski definition) is 1. The molecule has 0 spiro atoms. The minimum atomic E-state index is 0.946. The quantitative estimate of drug-likeness (QED) is 0.552. The average Bonchev–Trinajstić information content (AvgIpc) is 2.62. The van der Waals surface area contributed by atoms with Gasteiger partial charge in [-0.1, -0.05) is 72.8 Å². The topological polar surface area (TPSA) is 12.0 Å². The highest BCUT2D eigenvalue weighted by atomic mass is 14.9. The molecular weight excluding hydrogens is 278 g/mol. The smallest absolute Gasteiger partial charge is 0.0419 e. The summed E-state index contributed by atoms with van der Waals surface area (Å²) in [6, 6.07) is 27.5. The maximum Gasteiger partial charge on any atom is 0.0419 e. The highest BCUT2D eigenvalue weighted by Gasteiger charge is 2.02. The summed E-state index contributed by atoms with van der Waals surface area (Å²) < 4.78 is 0. The second-order valence-electron chi connectivity index (χ2n) is 5.50. The number of rotatable bonds is 5. The van der Waals surface area contributed by atoms with E-state index in [1.165, 1.54) is 16.7 Å². The molecule has 3 aromatic carbocycles. The SMILES string of the molecule is C/C=C\Cc1ccccc1Nc1ccc(-c2ccccc2)cc1. The Bertz CT molecular complexity index is 771. The molecule has 0 saturated carbocycles. The lowest BCUT2D eigenvalue weighted by atomic mass is 10.1. The molecule has 1 N–H and O–H groups in total. The van der Waals surface area contributed by atoms with Crippen LogP contribution in [0.3, 0.4) is 0 Å². The van der Waals surface area contributed by atoms with Gasteiger partial charge in [-0.25, -0.2) is 0 Å². The summed E-state index contributed by atoms with van der Waals surface area (Å²) in [4.78, 5) is 0. The zero-order chi connectivity index (χ0) is 15.9. The third-order valence-corrected chi connectivity index (χ3v) is 3.86. The van der Waals surface area contributed by atoms with Crippen LogP contribution in [0.15, 0.2) is 91.0 Å². The Morgan fingerprint density at radius 1 is 0.739 bits per heavy atom. The molecule has 0 unspecified atom stereocenters. The summed E-state index contributed by atoms with van der Waals surface area (Å²) in [5.74, 6) is 0. The zero-order valence-electron chi connectivity index (χ0n) is 13.4. The molecule has 1 heteroatoms. The predicted molar refractivity (Wildman–Crippen MR) is 100 cm³/mol. The molecule has 0 saturated heterocycles. The van der Waals surface area contributed by atoms with E-state index in [-0.39, 0.29) is 0 Å². The van der Waals surface area contributed by atoms with Gasteiger partial charge in [-0.2, -0.15) is 0 Å². The van der Waals surface area contributed by atoms with Crippen LogP contribution in [0.5, 0.6) is 0 Å². The van der Waals surface area contributed by atoms with E-state index in [0.29, 0.717) is 0 Å². The van der Waals surface area contributed by atoms with E-state index in [4.69, 9.17) is 0 Å². The molecule has 0 heterocycles. The van der Waals surface area contributed by atoms with Crippen LogP contribution in [0, 0.1) is 0 Å². The van der Waals surface area contributed by atoms with Gasteiger partial charge in [-0.15, -0.1) is 0 Å². The van der Waals surface area contributed by atoms with E-state index in [9.17, 15) is 0 Å². The first-order chi connectivity index (χ1) is 11.4. The highest BCUT2D eigenvalue weighted by Crippen LogP contribution is 2.25. The molecule has 0 aromatic heterocycles. The molecule has 0 aliphatic carbocycles. The normalized spacial score (nSPS) is 10.8. The van der Waals surface area contributed by atoms with Crippen molar-refractivity contribution < 1.29 is 0 Å². The van der Waals surface area contributed by atoms with Gasteiger partial charge in [0.2, 0.25) is 0 Å². The van der Waals surface area contributed by atoms with Crippen LogP contribution in [-0.4, -0.2) is 0 Å². The van der Waals surface area contributed by atoms with Crippen molar-refractivity contribution in [2.45, 2.75) is 13.3 Å². The first-order valence-corrected chi connectivity index (χ1v) is 7.98. The van der Waals surface area contributed by atoms with Crippen molar-refractivity contribution in [3.63, 3.8) is 0 Å². The molecule has 0 amide bonds. The van der Waals surface area contributed by atoms with Crippen LogP contribution >= 0.6 is 0 Å². The summed E-state index contributed by atoms with van der Waals surface area (Å²) >= 11 is 0. The molecule has 3 aromatic rings. The maximum absolute atomic E-state index is 3.53. The minimum absolute atomic E-state index is 0.946. The van der Waals surface area contributed by atoms with Gasteiger partial charge in [0.15, 0.2) is 0 Å². The van der Waals surface area contributed by atoms with Crippen molar-refractivity contribution >= 4 is 11.4 Å². The molecule has 0 aliphatic rings. The van der Waals surface area contributed by atoms with Crippen molar-refractivity contribution in [3.8, 4) is 11.1 Å². The Balaban J connectivity index is 1.79. The van der Waals surface area contributed by atoms with Gasteiger partial charge >= 0.3 is 0 Å². The van der Waals surface area contributed by atoms with E-state index in [0.717, 1.165) is 17.8 Å². The molecule has 114 valence electrons. The van der Waals surface area contributed by atoms with Crippen molar-refractivity contribution in [1.29, 1.82) is 0 Å². The van der Waals surface area contributed by atoms with Gasteiger partial charge in [-0.3, -0.25) is 0 Å². The lowest BCUT2D eigenvalue weighted by Gasteiger charge is -2.11. The third-order valence-electron chi connectivity index (χ3n) is 3.86. The summed E-state index contributed by atoms with van der Waals surface area (Å²) in [7, 11) is 0. The molecule has 23 heavy (non-hydrogen) atoms. The highest BCUT2D eigenvalue weighted by molar-refractivity contribution is 5.69. The van der Waals surface area contributed by atoms with Gasteiger partial charge in [0.25, 0.3) is 0 Å². The van der Waals surface area contributed by atoms with Crippen LogP contribution in [-0.2, 0) is 6.42 Å². The van der Waals surface area contributed by atoms with Gasteiger partial charge in [0.05, 0.1) is 0 Å². The Hall–Kier alpha value is -2.80. The fourth-order valence-electron chi connectivity index (χ4n) is 2.60. The molecule has 0 atom stereocenters. The summed E-state index contributed by atoms with van der Waals surface area (Å²) in [6.07, 6.45) is 5.21. The molecular formula is C22H21N. The Morgan fingerprint density at radius 3 is 2.13 bits per heavy atom. The summed E-state index contributed by atoms with van der Waals surface area (Å²) in [5, 5.41) is 3.53. The number of hydrogen-bond acceptors (Lipinski definition) is 1. The standard InChI is InChI=1S/C22H21N/c1-2-3-9-20-12-7-8-13-22(20)23-21-16-14-19(15-17-21)18-10-5-4-6-11-18/h2-8,10-17,23H,9H2,1H3/b3-2-. The first kappa shape index (κ1) is 15.1. The summed E-state index contributed by atoms with van der Waals surface area (Å²) in [5.41, 5.74) is 6.05. The fraction of sp³-hybridized carbons (Fsp3) is 0.0909. The minimum Gasteiger partial charge on any atom is -0.355 e. The monoisotopic (exact) mass is 299 g/mol. The number of allylic oxidation sites excluding steroid dienone is 2. The molecule has 3 rings (SSSR count).